The largest absolute Gasteiger partial charge is 0.296 e. The fourth-order valence-corrected chi connectivity index (χ4v) is 2.42. The molecule has 0 aliphatic heterocycles. The van der Waals surface area contributed by atoms with Gasteiger partial charge in [-0.15, -0.1) is 0 Å². The van der Waals surface area contributed by atoms with E-state index in [1.165, 1.54) is 0 Å². The maximum absolute atomic E-state index is 11.1. The van der Waals surface area contributed by atoms with Crippen molar-refractivity contribution >= 4 is 34.5 Å². The minimum Gasteiger partial charge on any atom is -0.296 e. The number of pyridine rings is 1. The summed E-state index contributed by atoms with van der Waals surface area (Å²) in [6.45, 7) is 0. The Labute approximate surface area is 121 Å². The fraction of sp³-hybridized carbons (Fsp3) is 0.0667. The van der Waals surface area contributed by atoms with E-state index in [4.69, 9.17) is 11.6 Å². The summed E-state index contributed by atoms with van der Waals surface area (Å²) in [7, 11) is 1.90. The van der Waals surface area contributed by atoms with Crippen LogP contribution in [-0.4, -0.2) is 23.0 Å². The predicted molar refractivity (Wildman–Crippen MR) is 80.4 cm³/mol. The Kier molecular flexibility index (Phi) is 3.16. The van der Waals surface area contributed by atoms with Crippen LogP contribution in [0.3, 0.4) is 0 Å². The van der Waals surface area contributed by atoms with Gasteiger partial charge in [0.2, 0.25) is 0 Å². The van der Waals surface area contributed by atoms with E-state index in [1.54, 1.807) is 16.9 Å². The van der Waals surface area contributed by atoms with Crippen LogP contribution in [0.1, 0.15) is 10.5 Å². The number of halogens is 1. The van der Waals surface area contributed by atoms with Crippen LogP contribution < -0.4 is 5.01 Å². The highest BCUT2D eigenvalue weighted by Crippen LogP contribution is 2.27. The van der Waals surface area contributed by atoms with Gasteiger partial charge in [0.1, 0.15) is 5.69 Å². The average Bonchev–Trinajstić information content (AvgIpc) is 2.94. The molecule has 0 unspecified atom stereocenters. The van der Waals surface area contributed by atoms with E-state index in [0.29, 0.717) is 10.7 Å². The highest BCUT2D eigenvalue weighted by atomic mass is 35.5. The number of aldehydes is 1. The van der Waals surface area contributed by atoms with Crippen molar-refractivity contribution in [2.24, 2.45) is 0 Å². The van der Waals surface area contributed by atoms with Gasteiger partial charge in [-0.2, -0.15) is 0 Å². The minimum atomic E-state index is 0.589. The Morgan fingerprint density at radius 1 is 1.30 bits per heavy atom. The van der Waals surface area contributed by atoms with Crippen LogP contribution >= 0.6 is 11.6 Å². The highest BCUT2D eigenvalue weighted by Gasteiger charge is 2.10. The Balaban J connectivity index is 2.17. The van der Waals surface area contributed by atoms with Crippen molar-refractivity contribution < 1.29 is 4.79 Å². The summed E-state index contributed by atoms with van der Waals surface area (Å²) in [5.74, 6) is 0. The molecule has 0 aliphatic rings. The Hall–Kier alpha value is -2.33. The van der Waals surface area contributed by atoms with Gasteiger partial charge in [0, 0.05) is 29.9 Å². The first-order valence-electron chi connectivity index (χ1n) is 6.11. The van der Waals surface area contributed by atoms with E-state index in [0.717, 1.165) is 22.9 Å². The van der Waals surface area contributed by atoms with Crippen molar-refractivity contribution in [2.45, 2.75) is 0 Å². The van der Waals surface area contributed by atoms with E-state index >= 15 is 0 Å². The van der Waals surface area contributed by atoms with Crippen LogP contribution in [0, 0.1) is 0 Å². The third-order valence-electron chi connectivity index (χ3n) is 3.23. The molecule has 20 heavy (non-hydrogen) atoms. The molecule has 0 atom stereocenters. The lowest BCUT2D eigenvalue weighted by molar-refractivity contribution is 0.111. The maximum atomic E-state index is 11.1. The van der Waals surface area contributed by atoms with Crippen LogP contribution in [0.4, 0.5) is 5.69 Å². The topological polar surface area (TPSA) is 38.1 Å². The zero-order chi connectivity index (χ0) is 14.1. The minimum absolute atomic E-state index is 0.589. The third-order valence-corrected chi connectivity index (χ3v) is 3.47. The summed E-state index contributed by atoms with van der Waals surface area (Å²) < 4.78 is 1.79. The van der Waals surface area contributed by atoms with Crippen LogP contribution in [0.5, 0.6) is 0 Å². The van der Waals surface area contributed by atoms with E-state index in [9.17, 15) is 4.79 Å². The van der Waals surface area contributed by atoms with Crippen LogP contribution in [-0.2, 0) is 0 Å². The first-order chi connectivity index (χ1) is 9.70. The molecule has 0 bridgehead atoms. The monoisotopic (exact) mass is 285 g/mol. The third kappa shape index (κ3) is 2.04. The summed E-state index contributed by atoms with van der Waals surface area (Å²) in [6.07, 6.45) is 4.40. The van der Waals surface area contributed by atoms with Gasteiger partial charge in [-0.3, -0.25) is 19.5 Å². The summed E-state index contributed by atoms with van der Waals surface area (Å²) >= 11 is 5.99. The van der Waals surface area contributed by atoms with Crippen LogP contribution in [0.15, 0.2) is 48.8 Å². The number of benzene rings is 1. The van der Waals surface area contributed by atoms with E-state index in [-0.39, 0.29) is 0 Å². The summed E-state index contributed by atoms with van der Waals surface area (Å²) in [6, 6.07) is 11.1. The maximum Gasteiger partial charge on any atom is 0.168 e. The first-order valence-corrected chi connectivity index (χ1v) is 6.49. The quantitative estimate of drug-likeness (QED) is 0.692. The SMILES string of the molecule is CN(c1ccnc2cc(Cl)ccc12)n1cccc1C=O. The second kappa shape index (κ2) is 4.98. The molecular formula is C15H12ClN3O. The van der Waals surface area contributed by atoms with Crippen molar-refractivity contribution in [3.8, 4) is 0 Å². The van der Waals surface area contributed by atoms with Crippen LogP contribution in [0.2, 0.25) is 5.02 Å². The van der Waals surface area contributed by atoms with Gasteiger partial charge in [0.05, 0.1) is 11.2 Å². The number of rotatable bonds is 3. The van der Waals surface area contributed by atoms with E-state index in [1.807, 2.05) is 48.6 Å². The van der Waals surface area contributed by atoms with Gasteiger partial charge >= 0.3 is 0 Å². The number of carbonyl (C=O) groups excluding carboxylic acids is 1. The molecule has 5 heteroatoms. The average molecular weight is 286 g/mol. The summed E-state index contributed by atoms with van der Waals surface area (Å²) in [4.78, 5) is 15.4. The van der Waals surface area contributed by atoms with Gasteiger partial charge in [-0.25, -0.2) is 0 Å². The molecule has 1 aromatic carbocycles. The second-order valence-electron chi connectivity index (χ2n) is 4.41. The molecule has 3 rings (SSSR count). The van der Waals surface area contributed by atoms with Crippen molar-refractivity contribution in [1.82, 2.24) is 9.66 Å². The molecule has 0 saturated carbocycles. The first kappa shape index (κ1) is 12.7. The molecule has 4 nitrogen and oxygen atoms in total. The summed E-state index contributed by atoms with van der Waals surface area (Å²) in [5, 5.41) is 3.53. The van der Waals surface area contributed by atoms with Crippen molar-refractivity contribution in [3.05, 3.63) is 59.5 Å². The van der Waals surface area contributed by atoms with E-state index in [2.05, 4.69) is 4.98 Å². The lowest BCUT2D eigenvalue weighted by atomic mass is 10.2. The number of anilines is 1. The van der Waals surface area contributed by atoms with Gasteiger partial charge < -0.3 is 0 Å². The molecule has 0 N–H and O–H groups in total. The Morgan fingerprint density at radius 2 is 2.15 bits per heavy atom. The van der Waals surface area contributed by atoms with E-state index < -0.39 is 0 Å². The van der Waals surface area contributed by atoms with Crippen molar-refractivity contribution in [1.29, 1.82) is 0 Å². The van der Waals surface area contributed by atoms with Crippen molar-refractivity contribution in [3.63, 3.8) is 0 Å². The zero-order valence-corrected chi connectivity index (χ0v) is 11.6. The molecule has 0 fully saturated rings. The lowest BCUT2D eigenvalue weighted by Gasteiger charge is -2.23. The number of carbonyl (C=O) groups is 1. The number of aromatic nitrogens is 2. The molecule has 0 spiro atoms. The summed E-state index contributed by atoms with van der Waals surface area (Å²) in [5.41, 5.74) is 2.36. The zero-order valence-electron chi connectivity index (χ0n) is 10.8. The van der Waals surface area contributed by atoms with Crippen LogP contribution in [0.25, 0.3) is 10.9 Å². The van der Waals surface area contributed by atoms with Gasteiger partial charge in [-0.05, 0) is 36.4 Å². The highest BCUT2D eigenvalue weighted by molar-refractivity contribution is 6.31. The lowest BCUT2D eigenvalue weighted by Crippen LogP contribution is -2.25. The molecule has 0 aliphatic carbocycles. The van der Waals surface area contributed by atoms with Gasteiger partial charge in [0.15, 0.2) is 6.29 Å². The number of hydrogen-bond acceptors (Lipinski definition) is 3. The standard InChI is InChI=1S/C15H12ClN3O/c1-18(19-8-2-3-12(19)10-20)15-6-7-17-14-9-11(16)4-5-13(14)15/h2-10H,1H3. The molecule has 3 aromatic rings. The molecule has 0 saturated heterocycles. The molecule has 0 amide bonds. The smallest absolute Gasteiger partial charge is 0.168 e. The molecule has 2 aromatic heterocycles. The predicted octanol–water partition coefficient (Wildman–Crippen LogP) is 3.40. The number of nitrogens with zero attached hydrogens (tertiary/aromatic N) is 3. The molecule has 0 radical (unpaired) electrons. The normalized spacial score (nSPS) is 10.7. The number of hydrogen-bond donors (Lipinski definition) is 0. The van der Waals surface area contributed by atoms with Gasteiger partial charge in [0.25, 0.3) is 0 Å². The molecule has 2 heterocycles. The Morgan fingerprint density at radius 3 is 2.95 bits per heavy atom. The van der Waals surface area contributed by atoms with Gasteiger partial charge in [-0.1, -0.05) is 11.6 Å². The molecular weight excluding hydrogens is 274 g/mol. The second-order valence-corrected chi connectivity index (χ2v) is 4.85. The molecule has 100 valence electrons. The Bertz CT molecular complexity index is 782. The van der Waals surface area contributed by atoms with Crippen molar-refractivity contribution in [2.75, 3.05) is 12.1 Å². The number of fused-ring (bicyclic) bond motifs is 1. The fourth-order valence-electron chi connectivity index (χ4n) is 2.26.